The molecule has 0 aromatic heterocycles. The number of hydrogen-bond acceptors (Lipinski definition) is 4. The number of nitrogens with zero attached hydrogens (tertiary/aromatic N) is 2. The van der Waals surface area contributed by atoms with Crippen LogP contribution in [0.3, 0.4) is 0 Å². The normalized spacial score (nSPS) is 11.0. The zero-order chi connectivity index (χ0) is 23.3. The molecule has 3 amide bonds. The summed E-state index contributed by atoms with van der Waals surface area (Å²) in [5.41, 5.74) is 1.14. The summed E-state index contributed by atoms with van der Waals surface area (Å²) in [6.07, 6.45) is 0.455. The number of carboxylic acid groups (broad SMARTS) is 1. The van der Waals surface area contributed by atoms with E-state index in [0.717, 1.165) is 4.90 Å². The van der Waals surface area contributed by atoms with Crippen molar-refractivity contribution < 1.29 is 28.6 Å². The van der Waals surface area contributed by atoms with Crippen LogP contribution in [0, 0.1) is 19.7 Å². The van der Waals surface area contributed by atoms with Crippen LogP contribution < -0.4 is 9.64 Å². The molecule has 0 aliphatic carbocycles. The third-order valence-corrected chi connectivity index (χ3v) is 4.80. The molecule has 8 heteroatoms. The molecule has 1 N–H and O–H groups in total. The van der Waals surface area contributed by atoms with E-state index in [1.807, 2.05) is 0 Å². The summed E-state index contributed by atoms with van der Waals surface area (Å²) in [6, 6.07) is 8.42. The second-order valence-electron chi connectivity index (χ2n) is 7.71. The summed E-state index contributed by atoms with van der Waals surface area (Å²) in [5.74, 6) is -1.06. The first-order valence-electron chi connectivity index (χ1n) is 9.81. The number of carbonyl (C=O) groups excluding carboxylic acids is 2. The van der Waals surface area contributed by atoms with Gasteiger partial charge in [-0.1, -0.05) is 12.1 Å². The van der Waals surface area contributed by atoms with Crippen LogP contribution in [0.25, 0.3) is 0 Å². The number of aryl methyl sites for hydroxylation is 2. The first-order chi connectivity index (χ1) is 14.5. The van der Waals surface area contributed by atoms with Gasteiger partial charge in [-0.15, -0.1) is 0 Å². The van der Waals surface area contributed by atoms with E-state index in [-0.39, 0.29) is 6.54 Å². The monoisotopic (exact) mass is 430 g/mol. The van der Waals surface area contributed by atoms with Gasteiger partial charge in [0, 0.05) is 12.2 Å². The summed E-state index contributed by atoms with van der Waals surface area (Å²) in [5, 5.41) is 9.30. The Kier molecular flexibility index (Phi) is 7.38. The van der Waals surface area contributed by atoms with Crippen LogP contribution >= 0.6 is 0 Å². The number of carbonyl (C=O) groups is 3. The Morgan fingerprint density at radius 1 is 1.13 bits per heavy atom. The van der Waals surface area contributed by atoms with Crippen molar-refractivity contribution in [3.05, 3.63) is 58.9 Å². The molecule has 2 rings (SSSR count). The molecule has 2 aromatic carbocycles. The minimum Gasteiger partial charge on any atom is -0.478 e. The van der Waals surface area contributed by atoms with E-state index in [9.17, 15) is 23.9 Å². The minimum atomic E-state index is -1.40. The highest BCUT2D eigenvalue weighted by atomic mass is 19.1. The van der Waals surface area contributed by atoms with Crippen LogP contribution in [0.1, 0.15) is 37.5 Å². The summed E-state index contributed by atoms with van der Waals surface area (Å²) < 4.78 is 18.9. The molecule has 0 fully saturated rings. The van der Waals surface area contributed by atoms with E-state index in [4.69, 9.17) is 4.74 Å². The van der Waals surface area contributed by atoms with Gasteiger partial charge in [0.05, 0.1) is 6.54 Å². The van der Waals surface area contributed by atoms with Crippen molar-refractivity contribution in [3.8, 4) is 5.75 Å². The smallest absolute Gasteiger partial charge is 0.347 e. The number of imide groups is 1. The van der Waals surface area contributed by atoms with Gasteiger partial charge in [-0.2, -0.15) is 0 Å². The Hall–Kier alpha value is -3.42. The lowest BCUT2D eigenvalue weighted by molar-refractivity contribution is -0.152. The SMILES string of the molecule is CCN(C(=O)N(C=O)Cc1cc(C)c(OC(C)(C)C(=O)O)c(C)c1)c1ccc(F)cc1. The van der Waals surface area contributed by atoms with Gasteiger partial charge in [-0.05, 0) is 75.6 Å². The number of rotatable bonds is 8. The van der Waals surface area contributed by atoms with Crippen LogP contribution in [0.4, 0.5) is 14.9 Å². The fourth-order valence-electron chi connectivity index (χ4n) is 3.14. The van der Waals surface area contributed by atoms with E-state index in [2.05, 4.69) is 0 Å². The number of ether oxygens (including phenoxy) is 1. The number of urea groups is 1. The van der Waals surface area contributed by atoms with E-state index in [1.165, 1.54) is 43.0 Å². The number of benzene rings is 2. The Balaban J connectivity index is 2.26. The highest BCUT2D eigenvalue weighted by Gasteiger charge is 2.31. The predicted octanol–water partition coefficient (Wildman–Crippen LogP) is 4.29. The van der Waals surface area contributed by atoms with E-state index in [1.54, 1.807) is 32.9 Å². The first-order valence-corrected chi connectivity index (χ1v) is 9.81. The summed E-state index contributed by atoms with van der Waals surface area (Å²) in [4.78, 5) is 38.4. The Bertz CT molecular complexity index is 949. The van der Waals surface area contributed by atoms with Gasteiger partial charge >= 0.3 is 12.0 Å². The van der Waals surface area contributed by atoms with Crippen LogP contribution in [-0.2, 0) is 16.1 Å². The Labute approximate surface area is 181 Å². The fraction of sp³-hybridized carbons (Fsp3) is 0.348. The molecule has 166 valence electrons. The molecule has 0 saturated heterocycles. The van der Waals surface area contributed by atoms with Crippen LogP contribution in [0.15, 0.2) is 36.4 Å². The topological polar surface area (TPSA) is 87.2 Å². The maximum absolute atomic E-state index is 13.2. The molecule has 2 aromatic rings. The second kappa shape index (κ2) is 9.59. The average Bonchev–Trinajstić information content (AvgIpc) is 2.70. The third-order valence-electron chi connectivity index (χ3n) is 4.80. The molecule has 7 nitrogen and oxygen atoms in total. The van der Waals surface area contributed by atoms with Crippen LogP contribution in [0.5, 0.6) is 5.75 Å². The standard InChI is InChI=1S/C23H27FN2O5/c1-6-26(19-9-7-18(24)8-10-19)22(30)25(14-27)13-17-11-15(2)20(16(3)12-17)31-23(4,5)21(28)29/h7-12,14H,6,13H2,1-5H3,(H,28,29). The number of aliphatic carboxylic acids is 1. The maximum atomic E-state index is 13.2. The molecule has 0 aliphatic rings. The molecular formula is C23H27FN2O5. The molecule has 0 spiro atoms. The molecule has 0 bridgehead atoms. The predicted molar refractivity (Wildman–Crippen MR) is 115 cm³/mol. The lowest BCUT2D eigenvalue weighted by atomic mass is 10.0. The maximum Gasteiger partial charge on any atom is 0.347 e. The van der Waals surface area contributed by atoms with Crippen molar-refractivity contribution in [2.24, 2.45) is 0 Å². The van der Waals surface area contributed by atoms with Gasteiger partial charge in [0.1, 0.15) is 11.6 Å². The lowest BCUT2D eigenvalue weighted by Gasteiger charge is -2.27. The third kappa shape index (κ3) is 5.59. The van der Waals surface area contributed by atoms with E-state index < -0.39 is 23.4 Å². The zero-order valence-electron chi connectivity index (χ0n) is 18.3. The molecule has 0 heterocycles. The van der Waals surface area contributed by atoms with Gasteiger partial charge in [0.25, 0.3) is 0 Å². The van der Waals surface area contributed by atoms with Crippen LogP contribution in [-0.4, -0.2) is 40.6 Å². The highest BCUT2D eigenvalue weighted by molar-refractivity contribution is 5.97. The molecule has 0 aliphatic heterocycles. The first kappa shape index (κ1) is 23.9. The Morgan fingerprint density at radius 3 is 2.13 bits per heavy atom. The van der Waals surface area contributed by atoms with Gasteiger partial charge in [0.15, 0.2) is 5.60 Å². The van der Waals surface area contributed by atoms with Gasteiger partial charge in [-0.25, -0.2) is 14.0 Å². The van der Waals surface area contributed by atoms with E-state index >= 15 is 0 Å². The summed E-state index contributed by atoms with van der Waals surface area (Å²) in [7, 11) is 0. The zero-order valence-corrected chi connectivity index (χ0v) is 18.3. The average molecular weight is 430 g/mol. The fourth-order valence-corrected chi connectivity index (χ4v) is 3.14. The van der Waals surface area contributed by atoms with Gasteiger partial charge < -0.3 is 9.84 Å². The van der Waals surface area contributed by atoms with Crippen molar-refractivity contribution in [3.63, 3.8) is 0 Å². The lowest BCUT2D eigenvalue weighted by Crippen LogP contribution is -2.42. The Morgan fingerprint density at radius 2 is 1.68 bits per heavy atom. The van der Waals surface area contributed by atoms with Crippen LogP contribution in [0.2, 0.25) is 0 Å². The highest BCUT2D eigenvalue weighted by Crippen LogP contribution is 2.29. The molecule has 0 unspecified atom stereocenters. The number of anilines is 1. The van der Waals surface area contributed by atoms with Gasteiger partial charge in [0.2, 0.25) is 6.41 Å². The number of carboxylic acids is 1. The quantitative estimate of drug-likeness (QED) is 0.632. The number of halogens is 1. The van der Waals surface area contributed by atoms with Crippen molar-refractivity contribution in [2.45, 2.75) is 46.8 Å². The number of amides is 3. The van der Waals surface area contributed by atoms with Crippen molar-refractivity contribution in [2.75, 3.05) is 11.4 Å². The molecule has 0 atom stereocenters. The molecule has 0 radical (unpaired) electrons. The minimum absolute atomic E-state index is 0.0182. The largest absolute Gasteiger partial charge is 0.478 e. The van der Waals surface area contributed by atoms with Crippen molar-refractivity contribution >= 4 is 24.1 Å². The van der Waals surface area contributed by atoms with E-state index in [0.29, 0.717) is 41.1 Å². The summed E-state index contributed by atoms with van der Waals surface area (Å²) in [6.45, 7) is 8.54. The van der Waals surface area contributed by atoms with Crippen molar-refractivity contribution in [1.82, 2.24) is 4.90 Å². The number of hydrogen-bond donors (Lipinski definition) is 1. The van der Waals surface area contributed by atoms with Gasteiger partial charge in [-0.3, -0.25) is 14.6 Å². The molecule has 0 saturated carbocycles. The second-order valence-corrected chi connectivity index (χ2v) is 7.71. The molecule has 31 heavy (non-hydrogen) atoms. The van der Waals surface area contributed by atoms with Crippen molar-refractivity contribution in [1.29, 1.82) is 0 Å². The molecular weight excluding hydrogens is 403 g/mol. The summed E-state index contributed by atoms with van der Waals surface area (Å²) >= 11 is 0.